The zero-order valence-electron chi connectivity index (χ0n) is 26.0. The number of methoxy groups -OCH3 is 2. The minimum absolute atomic E-state index is 0.260. The van der Waals surface area contributed by atoms with Crippen LogP contribution >= 0.6 is 0 Å². The number of anilines is 1. The van der Waals surface area contributed by atoms with Crippen molar-refractivity contribution in [3.63, 3.8) is 0 Å². The number of carboxylic acids is 1. The summed E-state index contributed by atoms with van der Waals surface area (Å²) in [5, 5.41) is 11.9. The van der Waals surface area contributed by atoms with Gasteiger partial charge in [0.05, 0.1) is 14.2 Å². The van der Waals surface area contributed by atoms with E-state index in [1.807, 2.05) is 60.7 Å². The van der Waals surface area contributed by atoms with E-state index in [2.05, 4.69) is 10.2 Å². The molecule has 10 nitrogen and oxygen atoms in total. The van der Waals surface area contributed by atoms with Crippen LogP contribution in [0.4, 0.5) is 5.82 Å². The number of amides is 2. The third kappa shape index (κ3) is 8.12. The summed E-state index contributed by atoms with van der Waals surface area (Å²) in [7, 11) is 3.28. The minimum atomic E-state index is -1.21. The summed E-state index contributed by atoms with van der Waals surface area (Å²) < 4.78 is 10.7. The fourth-order valence-electron chi connectivity index (χ4n) is 6.19. The van der Waals surface area contributed by atoms with Crippen molar-refractivity contribution in [1.82, 2.24) is 15.2 Å². The van der Waals surface area contributed by atoms with Crippen molar-refractivity contribution in [2.45, 2.75) is 64.2 Å². The molecule has 10 heteroatoms. The van der Waals surface area contributed by atoms with Crippen LogP contribution in [0, 0.1) is 11.8 Å². The molecule has 1 saturated carbocycles. The van der Waals surface area contributed by atoms with Gasteiger partial charge in [-0.25, -0.2) is 9.78 Å². The predicted molar refractivity (Wildman–Crippen MR) is 170 cm³/mol. The fraction of sp³-hybridized carbons (Fsp3) is 0.429. The molecule has 3 aromatic rings. The van der Waals surface area contributed by atoms with E-state index in [0.29, 0.717) is 25.6 Å². The van der Waals surface area contributed by atoms with Crippen molar-refractivity contribution >= 4 is 23.6 Å². The Hall–Kier alpha value is -4.60. The maximum absolute atomic E-state index is 13.7. The lowest BCUT2D eigenvalue weighted by molar-refractivity contribution is -0.161. The van der Waals surface area contributed by atoms with Crippen molar-refractivity contribution in [2.24, 2.45) is 11.8 Å². The van der Waals surface area contributed by atoms with Gasteiger partial charge < -0.3 is 29.7 Å². The molecule has 2 amide bonds. The molecule has 2 N–H and O–H groups in total. The molecule has 5 rings (SSSR count). The van der Waals surface area contributed by atoms with E-state index in [1.54, 1.807) is 25.3 Å². The second-order valence-electron chi connectivity index (χ2n) is 11.9. The van der Waals surface area contributed by atoms with Gasteiger partial charge in [0.1, 0.15) is 29.3 Å². The third-order valence-electron chi connectivity index (χ3n) is 8.86. The Balaban J connectivity index is 1.39. The maximum atomic E-state index is 13.7. The van der Waals surface area contributed by atoms with E-state index in [9.17, 15) is 19.5 Å². The SMILES string of the molecule is COc1ccc(CN(Cc2ccc(OC)cc2)c2cc(CN(CCC3CCCCC3)C(=O)[C@H]3C(=O)N[C@@H]3C(=O)O)ccn2)cc1. The number of carbonyl (C=O) groups excluding carboxylic acids is 2. The predicted octanol–water partition coefficient (Wildman–Crippen LogP) is 4.80. The number of benzene rings is 2. The van der Waals surface area contributed by atoms with E-state index in [-0.39, 0.29) is 6.54 Å². The van der Waals surface area contributed by atoms with Crippen LogP contribution in [0.2, 0.25) is 0 Å². The Kier molecular flexibility index (Phi) is 10.5. The Morgan fingerprint density at radius 1 is 0.867 bits per heavy atom. The van der Waals surface area contributed by atoms with Gasteiger partial charge in [-0.1, -0.05) is 56.4 Å². The fourth-order valence-corrected chi connectivity index (χ4v) is 6.19. The van der Waals surface area contributed by atoms with Gasteiger partial charge in [0.15, 0.2) is 0 Å². The molecule has 2 fully saturated rings. The normalized spacial score (nSPS) is 18.0. The molecule has 0 radical (unpaired) electrons. The first-order chi connectivity index (χ1) is 21.8. The minimum Gasteiger partial charge on any atom is -0.497 e. The van der Waals surface area contributed by atoms with Crippen molar-refractivity contribution in [1.29, 1.82) is 0 Å². The number of aromatic nitrogens is 1. The van der Waals surface area contributed by atoms with Gasteiger partial charge >= 0.3 is 5.97 Å². The number of rotatable bonds is 14. The molecule has 238 valence electrons. The average molecular weight is 615 g/mol. The lowest BCUT2D eigenvalue weighted by atomic mass is 9.86. The monoisotopic (exact) mass is 614 g/mol. The van der Waals surface area contributed by atoms with Gasteiger partial charge in [-0.15, -0.1) is 0 Å². The summed E-state index contributed by atoms with van der Waals surface area (Å²) >= 11 is 0. The Morgan fingerprint density at radius 2 is 1.47 bits per heavy atom. The van der Waals surface area contributed by atoms with Crippen LogP contribution in [-0.2, 0) is 34.0 Å². The number of ether oxygens (including phenoxy) is 2. The van der Waals surface area contributed by atoms with Gasteiger partial charge in [-0.2, -0.15) is 0 Å². The van der Waals surface area contributed by atoms with Crippen LogP contribution < -0.4 is 19.7 Å². The molecule has 1 saturated heterocycles. The van der Waals surface area contributed by atoms with E-state index in [0.717, 1.165) is 53.3 Å². The molecule has 0 spiro atoms. The van der Waals surface area contributed by atoms with Gasteiger partial charge in [-0.05, 0) is 65.4 Å². The molecule has 2 atom stereocenters. The molecule has 1 aliphatic heterocycles. The molecule has 0 bridgehead atoms. The Morgan fingerprint density at radius 3 is 2.00 bits per heavy atom. The number of aliphatic carboxylic acids is 1. The first-order valence-electron chi connectivity index (χ1n) is 15.6. The summed E-state index contributed by atoms with van der Waals surface area (Å²) in [6.45, 7) is 1.90. The van der Waals surface area contributed by atoms with Crippen molar-refractivity contribution in [2.75, 3.05) is 25.7 Å². The lowest BCUT2D eigenvalue weighted by Gasteiger charge is -2.37. The highest BCUT2D eigenvalue weighted by atomic mass is 16.5. The largest absolute Gasteiger partial charge is 0.497 e. The number of carboxylic acid groups (broad SMARTS) is 1. The third-order valence-corrected chi connectivity index (χ3v) is 8.86. The molecular formula is C35H42N4O6. The Bertz CT molecular complexity index is 1410. The number of nitrogens with zero attached hydrogens (tertiary/aromatic N) is 3. The molecule has 2 heterocycles. The van der Waals surface area contributed by atoms with Crippen LogP contribution in [0.3, 0.4) is 0 Å². The number of nitrogens with one attached hydrogen (secondary N) is 1. The molecule has 1 aromatic heterocycles. The molecule has 2 aromatic carbocycles. The highest BCUT2D eigenvalue weighted by molar-refractivity contribution is 6.11. The van der Waals surface area contributed by atoms with E-state index < -0.39 is 29.7 Å². The average Bonchev–Trinajstić information content (AvgIpc) is 3.06. The molecule has 2 aliphatic rings. The van der Waals surface area contributed by atoms with Gasteiger partial charge in [0, 0.05) is 32.4 Å². The summed E-state index contributed by atoms with van der Waals surface area (Å²) in [5.74, 6) is -0.548. The first-order valence-corrected chi connectivity index (χ1v) is 15.6. The summed E-state index contributed by atoms with van der Waals surface area (Å²) in [6, 6.07) is 18.5. The van der Waals surface area contributed by atoms with Crippen LogP contribution in [0.25, 0.3) is 0 Å². The van der Waals surface area contributed by atoms with Crippen LogP contribution in [0.5, 0.6) is 11.5 Å². The first kappa shape index (κ1) is 31.8. The maximum Gasteiger partial charge on any atom is 0.327 e. The van der Waals surface area contributed by atoms with Crippen molar-refractivity contribution in [3.05, 3.63) is 83.6 Å². The molecule has 45 heavy (non-hydrogen) atoms. The molecular weight excluding hydrogens is 572 g/mol. The van der Waals surface area contributed by atoms with Crippen LogP contribution in [-0.4, -0.2) is 59.6 Å². The second kappa shape index (κ2) is 14.9. The van der Waals surface area contributed by atoms with Crippen molar-refractivity contribution in [3.8, 4) is 11.5 Å². The van der Waals surface area contributed by atoms with Crippen LogP contribution in [0.15, 0.2) is 66.9 Å². The number of hydrogen-bond donors (Lipinski definition) is 2. The zero-order valence-corrected chi connectivity index (χ0v) is 26.0. The summed E-state index contributed by atoms with van der Waals surface area (Å²) in [4.78, 5) is 46.3. The zero-order chi connectivity index (χ0) is 31.8. The highest BCUT2D eigenvalue weighted by Gasteiger charge is 2.50. The van der Waals surface area contributed by atoms with Crippen molar-refractivity contribution < 1.29 is 29.0 Å². The topological polar surface area (TPSA) is 121 Å². The number of β-lactam (4-membered cyclic amide) rings is 1. The van der Waals surface area contributed by atoms with Crippen LogP contribution in [0.1, 0.15) is 55.2 Å². The van der Waals surface area contributed by atoms with Gasteiger partial charge in [0.25, 0.3) is 0 Å². The highest BCUT2D eigenvalue weighted by Crippen LogP contribution is 2.29. The summed E-state index contributed by atoms with van der Waals surface area (Å²) in [5.41, 5.74) is 3.02. The standard InChI is InChI=1S/C35H42N4O6/c1-44-28-12-8-25(9-13-28)21-39(22-26-10-14-29(45-2)15-11-26)30-20-27(16-18-36-30)23-38(19-17-24-6-4-3-5-7-24)34(41)31-32(35(42)43)37-33(31)40/h8-16,18,20,24,31-32H,3-7,17,19,21-23H2,1-2H3,(H,37,40)(H,42,43)/t31-,32+/m1/s1. The number of pyridine rings is 1. The number of carbonyl (C=O) groups is 3. The molecule has 0 unspecified atom stereocenters. The van der Waals surface area contributed by atoms with E-state index >= 15 is 0 Å². The summed E-state index contributed by atoms with van der Waals surface area (Å²) in [6.07, 6.45) is 8.46. The van der Waals surface area contributed by atoms with E-state index in [1.165, 1.54) is 19.3 Å². The lowest BCUT2D eigenvalue weighted by Crippen LogP contribution is -2.66. The van der Waals surface area contributed by atoms with E-state index in [4.69, 9.17) is 14.5 Å². The van der Waals surface area contributed by atoms with Gasteiger partial charge in [-0.3, -0.25) is 9.59 Å². The second-order valence-corrected chi connectivity index (χ2v) is 11.9. The molecule has 1 aliphatic carbocycles. The quantitative estimate of drug-likeness (QED) is 0.196. The van der Waals surface area contributed by atoms with Gasteiger partial charge in [0.2, 0.25) is 11.8 Å². The number of hydrogen-bond acceptors (Lipinski definition) is 7. The Labute approximate surface area is 264 Å². The smallest absolute Gasteiger partial charge is 0.327 e.